The molecule has 0 spiro atoms. The maximum absolute atomic E-state index is 12.7. The van der Waals surface area contributed by atoms with E-state index in [2.05, 4.69) is 0 Å². The van der Waals surface area contributed by atoms with Crippen LogP contribution in [-0.4, -0.2) is 66.2 Å². The number of amides is 1. The lowest BCUT2D eigenvalue weighted by Crippen LogP contribution is -2.47. The highest BCUT2D eigenvalue weighted by Crippen LogP contribution is 2.18. The molecule has 1 amide bonds. The Morgan fingerprint density at radius 1 is 1.32 bits per heavy atom. The number of esters is 1. The van der Waals surface area contributed by atoms with Crippen LogP contribution in [0, 0.1) is 5.92 Å². The second-order valence-electron chi connectivity index (χ2n) is 6.35. The number of ether oxygens (including phenoxy) is 1. The van der Waals surface area contributed by atoms with Gasteiger partial charge >= 0.3 is 5.97 Å². The van der Waals surface area contributed by atoms with Gasteiger partial charge in [0.1, 0.15) is 0 Å². The predicted octanol–water partition coefficient (Wildman–Crippen LogP) is 1.28. The third-order valence-corrected chi connectivity index (χ3v) is 4.42. The Morgan fingerprint density at radius 2 is 2.08 bits per heavy atom. The van der Waals surface area contributed by atoms with Crippen molar-refractivity contribution >= 4 is 11.9 Å². The largest absolute Gasteiger partial charge is 0.466 e. The van der Waals surface area contributed by atoms with Crippen molar-refractivity contribution in [3.05, 3.63) is 35.9 Å². The molecule has 6 nitrogen and oxygen atoms in total. The Morgan fingerprint density at radius 3 is 2.76 bits per heavy atom. The van der Waals surface area contributed by atoms with Crippen molar-refractivity contribution in [1.82, 2.24) is 9.80 Å². The third kappa shape index (κ3) is 6.14. The number of rotatable bonds is 8. The summed E-state index contributed by atoms with van der Waals surface area (Å²) in [7, 11) is 0. The van der Waals surface area contributed by atoms with Crippen molar-refractivity contribution in [3.8, 4) is 0 Å². The number of aliphatic hydroxyl groups excluding tert-OH is 1. The topological polar surface area (TPSA) is 70.1 Å². The van der Waals surface area contributed by atoms with Crippen molar-refractivity contribution in [3.63, 3.8) is 0 Å². The Labute approximate surface area is 149 Å². The maximum Gasteiger partial charge on any atom is 0.310 e. The number of carbonyl (C=O) groups excluding carboxylic acids is 2. The zero-order valence-corrected chi connectivity index (χ0v) is 14.9. The number of nitrogens with zero attached hydrogens (tertiary/aromatic N) is 2. The smallest absolute Gasteiger partial charge is 0.310 e. The van der Waals surface area contributed by atoms with Crippen LogP contribution in [0.3, 0.4) is 0 Å². The monoisotopic (exact) mass is 348 g/mol. The van der Waals surface area contributed by atoms with Crippen LogP contribution in [0.15, 0.2) is 30.3 Å². The summed E-state index contributed by atoms with van der Waals surface area (Å²) in [4.78, 5) is 28.3. The van der Waals surface area contributed by atoms with Crippen LogP contribution in [0.5, 0.6) is 0 Å². The zero-order chi connectivity index (χ0) is 18.1. The van der Waals surface area contributed by atoms with Crippen LogP contribution in [0.2, 0.25) is 0 Å². The lowest BCUT2D eigenvalue weighted by molar-refractivity contribution is -0.151. The average Bonchev–Trinajstić information content (AvgIpc) is 2.63. The van der Waals surface area contributed by atoms with Gasteiger partial charge in [0.05, 0.1) is 25.7 Å². The molecule has 0 saturated carbocycles. The summed E-state index contributed by atoms with van der Waals surface area (Å²) in [6.07, 6.45) is 1.58. The first-order valence-corrected chi connectivity index (χ1v) is 8.95. The molecule has 1 fully saturated rings. The number of piperidine rings is 1. The normalized spacial score (nSPS) is 17.6. The first kappa shape index (κ1) is 19.4. The summed E-state index contributed by atoms with van der Waals surface area (Å²) in [5.74, 6) is -0.437. The van der Waals surface area contributed by atoms with Crippen LogP contribution in [0.4, 0.5) is 0 Å². The highest BCUT2D eigenvalue weighted by atomic mass is 16.5. The van der Waals surface area contributed by atoms with Crippen molar-refractivity contribution < 1.29 is 19.4 Å². The number of hydrogen-bond acceptors (Lipinski definition) is 5. The van der Waals surface area contributed by atoms with Crippen LogP contribution < -0.4 is 0 Å². The second kappa shape index (κ2) is 10.2. The molecule has 1 unspecified atom stereocenters. The summed E-state index contributed by atoms with van der Waals surface area (Å²) >= 11 is 0. The van der Waals surface area contributed by atoms with Crippen LogP contribution >= 0.6 is 0 Å². The number of carbonyl (C=O) groups is 2. The number of hydrogen-bond donors (Lipinski definition) is 1. The molecule has 1 N–H and O–H groups in total. The lowest BCUT2D eigenvalue weighted by Gasteiger charge is -2.33. The van der Waals surface area contributed by atoms with Crippen LogP contribution in [-0.2, 0) is 20.9 Å². The van der Waals surface area contributed by atoms with Gasteiger partial charge in [-0.3, -0.25) is 14.5 Å². The fourth-order valence-electron chi connectivity index (χ4n) is 3.14. The van der Waals surface area contributed by atoms with E-state index >= 15 is 0 Å². The van der Waals surface area contributed by atoms with E-state index in [-0.39, 0.29) is 30.9 Å². The van der Waals surface area contributed by atoms with Crippen molar-refractivity contribution in [2.45, 2.75) is 26.3 Å². The summed E-state index contributed by atoms with van der Waals surface area (Å²) < 4.78 is 5.09. The molecule has 1 aromatic rings. The molecule has 1 aliphatic heterocycles. The SMILES string of the molecule is CCOC(=O)C1CCCN(C(=O)CN(CCO)Cc2ccccc2)C1. The van der Waals surface area contributed by atoms with Gasteiger partial charge in [-0.2, -0.15) is 0 Å². The number of benzene rings is 1. The van der Waals surface area contributed by atoms with Gasteiger partial charge in [0.2, 0.25) is 5.91 Å². The van der Waals surface area contributed by atoms with Crippen LogP contribution in [0.1, 0.15) is 25.3 Å². The van der Waals surface area contributed by atoms with Gasteiger partial charge in [-0.15, -0.1) is 0 Å². The van der Waals surface area contributed by atoms with Crippen molar-refractivity contribution in [1.29, 1.82) is 0 Å². The summed E-state index contributed by atoms with van der Waals surface area (Å²) in [5, 5.41) is 9.28. The summed E-state index contributed by atoms with van der Waals surface area (Å²) in [6, 6.07) is 9.89. The molecular formula is C19H28N2O4. The van der Waals surface area contributed by atoms with E-state index in [0.29, 0.717) is 32.8 Å². The summed E-state index contributed by atoms with van der Waals surface area (Å²) in [6.45, 7) is 4.56. The minimum atomic E-state index is -0.224. The first-order valence-electron chi connectivity index (χ1n) is 8.95. The fourth-order valence-corrected chi connectivity index (χ4v) is 3.14. The zero-order valence-electron chi connectivity index (χ0n) is 14.9. The van der Waals surface area contributed by atoms with Gasteiger partial charge in [0.15, 0.2) is 0 Å². The average molecular weight is 348 g/mol. The van der Waals surface area contributed by atoms with Gasteiger partial charge in [-0.1, -0.05) is 30.3 Å². The Hall–Kier alpha value is -1.92. The van der Waals surface area contributed by atoms with Gasteiger partial charge in [-0.25, -0.2) is 0 Å². The van der Waals surface area contributed by atoms with Crippen LogP contribution in [0.25, 0.3) is 0 Å². The predicted molar refractivity (Wildman–Crippen MR) is 94.7 cm³/mol. The van der Waals surface area contributed by atoms with Crippen molar-refractivity contribution in [2.24, 2.45) is 5.92 Å². The van der Waals surface area contributed by atoms with E-state index < -0.39 is 0 Å². The summed E-state index contributed by atoms with van der Waals surface area (Å²) in [5.41, 5.74) is 1.10. The molecule has 25 heavy (non-hydrogen) atoms. The number of likely N-dealkylation sites (tertiary alicyclic amines) is 1. The van der Waals surface area contributed by atoms with Gasteiger partial charge in [-0.05, 0) is 25.3 Å². The second-order valence-corrected chi connectivity index (χ2v) is 6.35. The highest BCUT2D eigenvalue weighted by molar-refractivity contribution is 5.80. The molecule has 1 aliphatic rings. The number of aliphatic hydroxyl groups is 1. The van der Waals surface area contributed by atoms with Gasteiger partial charge < -0.3 is 14.7 Å². The molecule has 6 heteroatoms. The third-order valence-electron chi connectivity index (χ3n) is 4.42. The Kier molecular flexibility index (Phi) is 7.88. The van der Waals surface area contributed by atoms with Crippen molar-refractivity contribution in [2.75, 3.05) is 39.4 Å². The molecule has 0 bridgehead atoms. The van der Waals surface area contributed by atoms with E-state index in [0.717, 1.165) is 18.4 Å². The maximum atomic E-state index is 12.7. The molecule has 0 aromatic heterocycles. The van der Waals surface area contributed by atoms with Gasteiger partial charge in [0, 0.05) is 26.2 Å². The van der Waals surface area contributed by atoms with E-state index in [9.17, 15) is 14.7 Å². The Balaban J connectivity index is 1.92. The van der Waals surface area contributed by atoms with E-state index in [1.165, 1.54) is 0 Å². The molecule has 0 aliphatic carbocycles. The fraction of sp³-hybridized carbons (Fsp3) is 0.579. The molecule has 2 rings (SSSR count). The van der Waals surface area contributed by atoms with E-state index in [1.807, 2.05) is 35.2 Å². The quantitative estimate of drug-likeness (QED) is 0.717. The standard InChI is InChI=1S/C19H28N2O4/c1-2-25-19(24)17-9-6-10-21(14-17)18(23)15-20(11-12-22)13-16-7-4-3-5-8-16/h3-5,7-8,17,22H,2,6,9-15H2,1H3. The minimum Gasteiger partial charge on any atom is -0.466 e. The molecule has 138 valence electrons. The molecule has 1 atom stereocenters. The molecule has 1 heterocycles. The minimum absolute atomic E-state index is 0.00150. The molecule has 1 aromatic carbocycles. The Bertz CT molecular complexity index is 550. The molecule has 0 radical (unpaired) electrons. The highest BCUT2D eigenvalue weighted by Gasteiger charge is 2.29. The molecule has 1 saturated heterocycles. The van der Waals surface area contributed by atoms with E-state index in [4.69, 9.17) is 4.74 Å². The molecular weight excluding hydrogens is 320 g/mol. The van der Waals surface area contributed by atoms with E-state index in [1.54, 1.807) is 11.8 Å². The van der Waals surface area contributed by atoms with Gasteiger partial charge in [0.25, 0.3) is 0 Å². The first-order chi connectivity index (χ1) is 12.1. The lowest BCUT2D eigenvalue weighted by atomic mass is 9.98.